The third kappa shape index (κ3) is 1.64. The molecule has 50 valence electrons. The molecule has 1 aliphatic heterocycles. The van der Waals surface area contributed by atoms with Crippen molar-refractivity contribution < 1.29 is 5.06 Å². The Bertz CT molecular complexity index is 174. The van der Waals surface area contributed by atoms with Crippen LogP contribution in [0.15, 0.2) is 22.3 Å². The average molecular weight is 190 g/mol. The first-order valence-electron chi connectivity index (χ1n) is 2.76. The summed E-state index contributed by atoms with van der Waals surface area (Å²) < 4.78 is 0.970. The Labute approximate surface area is 62.6 Å². The standard InChI is InChI=1S/C6H8BrNO/c1-5-2-3-6(7)4-8(5)9/h2-3,8H,4H2,1H3. The highest BCUT2D eigenvalue weighted by atomic mass is 79.9. The fourth-order valence-corrected chi connectivity index (χ4v) is 1.05. The van der Waals surface area contributed by atoms with Crippen LogP contribution in [0.1, 0.15) is 6.92 Å². The molecular weight excluding hydrogens is 182 g/mol. The van der Waals surface area contributed by atoms with Crippen molar-refractivity contribution in [2.75, 3.05) is 6.54 Å². The van der Waals surface area contributed by atoms with Crippen molar-refractivity contribution in [3.05, 3.63) is 27.5 Å². The Hall–Kier alpha value is -0.120. The van der Waals surface area contributed by atoms with E-state index in [0.717, 1.165) is 10.2 Å². The molecule has 0 spiro atoms. The summed E-state index contributed by atoms with van der Waals surface area (Å²) in [5.74, 6) is 0. The van der Waals surface area contributed by atoms with Crippen LogP contribution in [-0.2, 0) is 0 Å². The van der Waals surface area contributed by atoms with Gasteiger partial charge in [-0.1, -0.05) is 0 Å². The van der Waals surface area contributed by atoms with Crippen LogP contribution in [0, 0.1) is 5.21 Å². The molecule has 0 aromatic carbocycles. The van der Waals surface area contributed by atoms with Gasteiger partial charge in [0.15, 0.2) is 0 Å². The SMILES string of the molecule is CC1=CC=C(Br)C[NH+]1[O-]. The molecule has 0 saturated carbocycles. The molecule has 1 heterocycles. The summed E-state index contributed by atoms with van der Waals surface area (Å²) in [6.07, 6.45) is 3.74. The van der Waals surface area contributed by atoms with Crippen molar-refractivity contribution in [1.29, 1.82) is 0 Å². The second kappa shape index (κ2) is 2.64. The van der Waals surface area contributed by atoms with Gasteiger partial charge in [0, 0.05) is 6.92 Å². The molecule has 0 fully saturated rings. The van der Waals surface area contributed by atoms with Gasteiger partial charge < -0.3 is 10.3 Å². The van der Waals surface area contributed by atoms with Crippen LogP contribution in [-0.4, -0.2) is 6.54 Å². The zero-order valence-electron chi connectivity index (χ0n) is 5.15. The van der Waals surface area contributed by atoms with E-state index in [2.05, 4.69) is 15.9 Å². The van der Waals surface area contributed by atoms with Gasteiger partial charge in [0.25, 0.3) is 0 Å². The number of quaternary nitrogens is 1. The lowest BCUT2D eigenvalue weighted by Crippen LogP contribution is -3.05. The van der Waals surface area contributed by atoms with Crippen LogP contribution in [0.25, 0.3) is 0 Å². The summed E-state index contributed by atoms with van der Waals surface area (Å²) in [4.78, 5) is 0. The Kier molecular flexibility index (Phi) is 2.05. The molecule has 2 nitrogen and oxygen atoms in total. The van der Waals surface area contributed by atoms with Gasteiger partial charge in [0.05, 0.1) is 4.48 Å². The highest BCUT2D eigenvalue weighted by molar-refractivity contribution is 9.11. The van der Waals surface area contributed by atoms with Gasteiger partial charge in [-0.3, -0.25) is 0 Å². The predicted molar refractivity (Wildman–Crippen MR) is 40.0 cm³/mol. The van der Waals surface area contributed by atoms with Crippen molar-refractivity contribution >= 4 is 15.9 Å². The van der Waals surface area contributed by atoms with E-state index in [1.54, 1.807) is 0 Å². The van der Waals surface area contributed by atoms with Crippen molar-refractivity contribution in [2.24, 2.45) is 0 Å². The highest BCUT2D eigenvalue weighted by Crippen LogP contribution is 2.05. The Balaban J connectivity index is 2.74. The van der Waals surface area contributed by atoms with Crippen LogP contribution in [0.4, 0.5) is 0 Å². The third-order valence-corrected chi connectivity index (χ3v) is 1.83. The van der Waals surface area contributed by atoms with E-state index in [0.29, 0.717) is 6.54 Å². The predicted octanol–water partition coefficient (Wildman–Crippen LogP) is 0.565. The molecule has 9 heavy (non-hydrogen) atoms. The summed E-state index contributed by atoms with van der Waals surface area (Å²) in [7, 11) is 0. The van der Waals surface area contributed by atoms with Crippen LogP contribution in [0.3, 0.4) is 0 Å². The van der Waals surface area contributed by atoms with Crippen molar-refractivity contribution in [2.45, 2.75) is 6.92 Å². The molecule has 0 radical (unpaired) electrons. The van der Waals surface area contributed by atoms with E-state index in [4.69, 9.17) is 0 Å². The van der Waals surface area contributed by atoms with Crippen molar-refractivity contribution in [3.8, 4) is 0 Å². The van der Waals surface area contributed by atoms with Gasteiger partial charge >= 0.3 is 0 Å². The van der Waals surface area contributed by atoms with E-state index < -0.39 is 0 Å². The average Bonchev–Trinajstić information content (AvgIpc) is 1.80. The summed E-state index contributed by atoms with van der Waals surface area (Å²) in [5.41, 5.74) is 0.846. The molecule has 1 rings (SSSR count). The smallest absolute Gasteiger partial charge is 0.113 e. The summed E-state index contributed by atoms with van der Waals surface area (Å²) in [5, 5.41) is 11.1. The number of hydrogen-bond acceptors (Lipinski definition) is 1. The first-order valence-corrected chi connectivity index (χ1v) is 3.55. The van der Waals surface area contributed by atoms with Crippen LogP contribution < -0.4 is 5.06 Å². The number of rotatable bonds is 0. The number of nitrogens with one attached hydrogen (secondary N) is 1. The Morgan fingerprint density at radius 1 is 1.67 bits per heavy atom. The quantitative estimate of drug-likeness (QED) is 0.555. The molecule has 0 aliphatic carbocycles. The Morgan fingerprint density at radius 2 is 2.33 bits per heavy atom. The van der Waals surface area contributed by atoms with Gasteiger partial charge in [-0.05, 0) is 28.1 Å². The molecule has 0 amide bonds. The topological polar surface area (TPSA) is 27.5 Å². The summed E-state index contributed by atoms with van der Waals surface area (Å²) >= 11 is 3.25. The van der Waals surface area contributed by atoms with Crippen molar-refractivity contribution in [3.63, 3.8) is 0 Å². The number of allylic oxidation sites excluding steroid dienone is 3. The molecule has 0 aromatic heterocycles. The second-order valence-electron chi connectivity index (χ2n) is 2.06. The minimum absolute atomic E-state index is 0.212. The largest absolute Gasteiger partial charge is 0.629 e. The molecule has 1 atom stereocenters. The van der Waals surface area contributed by atoms with Gasteiger partial charge in [-0.2, -0.15) is 0 Å². The lowest BCUT2D eigenvalue weighted by molar-refractivity contribution is -0.800. The van der Waals surface area contributed by atoms with Crippen molar-refractivity contribution in [1.82, 2.24) is 0 Å². The molecule has 1 aliphatic rings. The highest BCUT2D eigenvalue weighted by Gasteiger charge is 2.06. The fraction of sp³-hybridized carbons (Fsp3) is 0.333. The first kappa shape index (κ1) is 6.99. The van der Waals surface area contributed by atoms with Gasteiger partial charge in [0.2, 0.25) is 0 Å². The maximum atomic E-state index is 10.9. The molecule has 0 aromatic rings. The maximum Gasteiger partial charge on any atom is 0.113 e. The van der Waals surface area contributed by atoms with Gasteiger partial charge in [-0.25, -0.2) is 0 Å². The molecular formula is C6H8BrNO. The first-order chi connectivity index (χ1) is 4.20. The molecule has 1 unspecified atom stereocenters. The molecule has 1 N–H and O–H groups in total. The van der Waals surface area contributed by atoms with Gasteiger partial charge in [0.1, 0.15) is 12.2 Å². The van der Waals surface area contributed by atoms with Crippen LogP contribution in [0.5, 0.6) is 0 Å². The number of hydrogen-bond donors (Lipinski definition) is 1. The third-order valence-electron chi connectivity index (χ3n) is 1.28. The maximum absolute atomic E-state index is 10.9. The van der Waals surface area contributed by atoms with E-state index in [1.807, 2.05) is 19.1 Å². The lowest BCUT2D eigenvalue weighted by Gasteiger charge is -2.24. The second-order valence-corrected chi connectivity index (χ2v) is 3.08. The van der Waals surface area contributed by atoms with Crippen LogP contribution in [0.2, 0.25) is 0 Å². The number of halogens is 1. The van der Waals surface area contributed by atoms with E-state index in [1.165, 1.54) is 0 Å². The molecule has 0 bridgehead atoms. The summed E-state index contributed by atoms with van der Waals surface area (Å²) in [6, 6.07) is 0. The Morgan fingerprint density at radius 3 is 2.78 bits per heavy atom. The molecule has 0 saturated heterocycles. The van der Waals surface area contributed by atoms with Gasteiger partial charge in [-0.15, -0.1) is 0 Å². The van der Waals surface area contributed by atoms with E-state index in [-0.39, 0.29) is 5.06 Å². The zero-order valence-corrected chi connectivity index (χ0v) is 6.73. The lowest BCUT2D eigenvalue weighted by atomic mass is 10.3. The normalized spacial score (nSPS) is 27.2. The summed E-state index contributed by atoms with van der Waals surface area (Å²) in [6.45, 7) is 2.36. The van der Waals surface area contributed by atoms with Crippen LogP contribution >= 0.6 is 15.9 Å². The van der Waals surface area contributed by atoms with E-state index in [9.17, 15) is 5.21 Å². The molecule has 3 heteroatoms. The fourth-order valence-electron chi connectivity index (χ4n) is 0.660. The minimum Gasteiger partial charge on any atom is -0.629 e. The number of hydroxylamine groups is 2. The van der Waals surface area contributed by atoms with E-state index >= 15 is 0 Å². The monoisotopic (exact) mass is 189 g/mol. The zero-order chi connectivity index (χ0) is 6.85. The minimum atomic E-state index is 0.212.